The van der Waals surface area contributed by atoms with Crippen LogP contribution in [-0.4, -0.2) is 16.5 Å². The van der Waals surface area contributed by atoms with Gasteiger partial charge in [-0.1, -0.05) is 41.5 Å². The van der Waals surface area contributed by atoms with Gasteiger partial charge in [-0.25, -0.2) is 15.8 Å². The zero-order valence-electron chi connectivity index (χ0n) is 12.9. The van der Waals surface area contributed by atoms with Crippen LogP contribution in [0.3, 0.4) is 0 Å². The van der Waals surface area contributed by atoms with Gasteiger partial charge in [0.1, 0.15) is 17.5 Å². The Morgan fingerprint density at radius 1 is 1.16 bits per heavy atom. The van der Waals surface area contributed by atoms with Crippen molar-refractivity contribution in [2.24, 2.45) is 17.2 Å². The van der Waals surface area contributed by atoms with Crippen LogP contribution in [0.2, 0.25) is 0 Å². The SMILES string of the molecule is CC(C)c1nc(NN)cc(NCC(C)(C)C(C)C)n1. The lowest BCUT2D eigenvalue weighted by atomic mass is 9.81. The van der Waals surface area contributed by atoms with Crippen molar-refractivity contribution >= 4 is 11.6 Å². The number of nitrogen functional groups attached to an aromatic ring is 1. The maximum atomic E-state index is 5.45. The summed E-state index contributed by atoms with van der Waals surface area (Å²) in [6, 6.07) is 1.84. The zero-order chi connectivity index (χ0) is 14.6. The minimum absolute atomic E-state index is 0.208. The van der Waals surface area contributed by atoms with E-state index in [0.29, 0.717) is 11.7 Å². The highest BCUT2D eigenvalue weighted by atomic mass is 15.3. The molecule has 108 valence electrons. The highest BCUT2D eigenvalue weighted by Gasteiger charge is 2.22. The van der Waals surface area contributed by atoms with Crippen molar-refractivity contribution in [3.63, 3.8) is 0 Å². The number of nitrogens with zero attached hydrogens (tertiary/aromatic N) is 2. The van der Waals surface area contributed by atoms with E-state index in [0.717, 1.165) is 18.2 Å². The molecule has 4 N–H and O–H groups in total. The fraction of sp³-hybridized carbons (Fsp3) is 0.714. The topological polar surface area (TPSA) is 75.9 Å². The van der Waals surface area contributed by atoms with Gasteiger partial charge < -0.3 is 10.7 Å². The third-order valence-electron chi connectivity index (χ3n) is 3.70. The molecule has 0 aliphatic carbocycles. The summed E-state index contributed by atoms with van der Waals surface area (Å²) in [5, 5.41) is 3.39. The average molecular weight is 265 g/mol. The number of hydrogen-bond donors (Lipinski definition) is 3. The van der Waals surface area contributed by atoms with Crippen LogP contribution in [0.4, 0.5) is 11.6 Å². The van der Waals surface area contributed by atoms with Crippen molar-refractivity contribution in [3.05, 3.63) is 11.9 Å². The molecule has 0 aromatic carbocycles. The lowest BCUT2D eigenvalue weighted by Gasteiger charge is -2.29. The number of aromatic nitrogens is 2. The highest BCUT2D eigenvalue weighted by molar-refractivity contribution is 5.47. The largest absolute Gasteiger partial charge is 0.369 e. The summed E-state index contributed by atoms with van der Waals surface area (Å²) < 4.78 is 0. The lowest BCUT2D eigenvalue weighted by Crippen LogP contribution is -2.29. The summed E-state index contributed by atoms with van der Waals surface area (Å²) in [5.41, 5.74) is 2.80. The molecule has 1 aromatic heterocycles. The molecule has 1 heterocycles. The summed E-state index contributed by atoms with van der Waals surface area (Å²) >= 11 is 0. The van der Waals surface area contributed by atoms with Crippen LogP contribution < -0.4 is 16.6 Å². The molecule has 0 saturated heterocycles. The number of nitrogens with two attached hydrogens (primary N) is 1. The normalized spacial score (nSPS) is 12.1. The summed E-state index contributed by atoms with van der Waals surface area (Å²) in [6.07, 6.45) is 0. The Morgan fingerprint density at radius 2 is 1.74 bits per heavy atom. The van der Waals surface area contributed by atoms with Crippen LogP contribution in [-0.2, 0) is 0 Å². The van der Waals surface area contributed by atoms with Crippen LogP contribution in [0, 0.1) is 11.3 Å². The molecule has 0 bridgehead atoms. The lowest BCUT2D eigenvalue weighted by molar-refractivity contribution is 0.269. The molecule has 0 aliphatic heterocycles. The van der Waals surface area contributed by atoms with Gasteiger partial charge in [-0.15, -0.1) is 0 Å². The molecule has 1 rings (SSSR count). The second-order valence-corrected chi connectivity index (χ2v) is 6.29. The second-order valence-electron chi connectivity index (χ2n) is 6.29. The number of hydrazine groups is 1. The van der Waals surface area contributed by atoms with Gasteiger partial charge in [0.15, 0.2) is 0 Å². The van der Waals surface area contributed by atoms with Crippen molar-refractivity contribution in [1.29, 1.82) is 0 Å². The molecule has 0 spiro atoms. The van der Waals surface area contributed by atoms with E-state index in [1.54, 1.807) is 0 Å². The van der Waals surface area contributed by atoms with Gasteiger partial charge in [-0.05, 0) is 11.3 Å². The smallest absolute Gasteiger partial charge is 0.145 e. The standard InChI is InChI=1S/C14H27N5/c1-9(2)13-17-11(7-12(18-13)19-15)16-8-14(5,6)10(3)4/h7,9-10H,8,15H2,1-6H3,(H2,16,17,18,19). The highest BCUT2D eigenvalue weighted by Crippen LogP contribution is 2.26. The maximum Gasteiger partial charge on any atom is 0.145 e. The molecular formula is C14H27N5. The zero-order valence-corrected chi connectivity index (χ0v) is 12.9. The Labute approximate surface area is 116 Å². The summed E-state index contributed by atoms with van der Waals surface area (Å²) in [6.45, 7) is 14.0. The van der Waals surface area contributed by atoms with Gasteiger partial charge in [-0.3, -0.25) is 0 Å². The molecule has 5 heteroatoms. The summed E-state index contributed by atoms with van der Waals surface area (Å²) in [5.74, 6) is 8.57. The van der Waals surface area contributed by atoms with Crippen LogP contribution in [0.15, 0.2) is 6.07 Å². The minimum Gasteiger partial charge on any atom is -0.369 e. The van der Waals surface area contributed by atoms with E-state index in [1.165, 1.54) is 0 Å². The van der Waals surface area contributed by atoms with Gasteiger partial charge in [0.2, 0.25) is 0 Å². The fourth-order valence-corrected chi connectivity index (χ4v) is 1.41. The number of nitrogens with one attached hydrogen (secondary N) is 2. The first-order valence-corrected chi connectivity index (χ1v) is 6.85. The van der Waals surface area contributed by atoms with Crippen molar-refractivity contribution in [3.8, 4) is 0 Å². The first kappa shape index (κ1) is 15.7. The molecule has 0 fully saturated rings. The van der Waals surface area contributed by atoms with Gasteiger partial charge in [-0.2, -0.15) is 0 Å². The van der Waals surface area contributed by atoms with Gasteiger partial charge in [0, 0.05) is 18.5 Å². The van der Waals surface area contributed by atoms with Crippen molar-refractivity contribution < 1.29 is 0 Å². The van der Waals surface area contributed by atoms with Crippen LogP contribution >= 0.6 is 0 Å². The Hall–Kier alpha value is -1.36. The van der Waals surface area contributed by atoms with Gasteiger partial charge in [0.05, 0.1) is 0 Å². The van der Waals surface area contributed by atoms with Gasteiger partial charge >= 0.3 is 0 Å². The predicted octanol–water partition coefficient (Wildman–Crippen LogP) is 2.98. The van der Waals surface area contributed by atoms with E-state index in [2.05, 4.69) is 62.3 Å². The van der Waals surface area contributed by atoms with E-state index in [4.69, 9.17) is 5.84 Å². The van der Waals surface area contributed by atoms with Crippen molar-refractivity contribution in [2.45, 2.75) is 47.5 Å². The van der Waals surface area contributed by atoms with E-state index in [-0.39, 0.29) is 11.3 Å². The van der Waals surface area contributed by atoms with Crippen molar-refractivity contribution in [2.75, 3.05) is 17.3 Å². The van der Waals surface area contributed by atoms with E-state index in [1.807, 2.05) is 6.07 Å². The molecule has 0 unspecified atom stereocenters. The molecule has 0 saturated carbocycles. The van der Waals surface area contributed by atoms with Crippen LogP contribution in [0.1, 0.15) is 53.3 Å². The average Bonchev–Trinajstić information content (AvgIpc) is 2.35. The second kappa shape index (κ2) is 6.19. The van der Waals surface area contributed by atoms with E-state index in [9.17, 15) is 0 Å². The monoisotopic (exact) mass is 265 g/mol. The number of rotatable bonds is 6. The van der Waals surface area contributed by atoms with Gasteiger partial charge in [0.25, 0.3) is 0 Å². The summed E-state index contributed by atoms with van der Waals surface area (Å²) in [7, 11) is 0. The molecular weight excluding hydrogens is 238 g/mol. The van der Waals surface area contributed by atoms with E-state index < -0.39 is 0 Å². The number of hydrogen-bond acceptors (Lipinski definition) is 5. The Bertz CT molecular complexity index is 412. The first-order chi connectivity index (χ1) is 8.76. The minimum atomic E-state index is 0.208. The summed E-state index contributed by atoms with van der Waals surface area (Å²) in [4.78, 5) is 8.87. The van der Waals surface area contributed by atoms with Crippen LogP contribution in [0.25, 0.3) is 0 Å². The van der Waals surface area contributed by atoms with E-state index >= 15 is 0 Å². The Balaban J connectivity index is 2.86. The number of anilines is 2. The van der Waals surface area contributed by atoms with Crippen molar-refractivity contribution in [1.82, 2.24) is 9.97 Å². The molecule has 1 aromatic rings. The molecule has 19 heavy (non-hydrogen) atoms. The molecule has 0 aliphatic rings. The molecule has 0 amide bonds. The Kier molecular flexibility index (Phi) is 5.11. The molecule has 0 radical (unpaired) electrons. The third kappa shape index (κ3) is 4.35. The fourth-order valence-electron chi connectivity index (χ4n) is 1.41. The first-order valence-electron chi connectivity index (χ1n) is 6.85. The van der Waals surface area contributed by atoms with Crippen LogP contribution in [0.5, 0.6) is 0 Å². The molecule has 5 nitrogen and oxygen atoms in total. The molecule has 0 atom stereocenters. The quantitative estimate of drug-likeness (QED) is 0.544. The predicted molar refractivity (Wildman–Crippen MR) is 81.0 cm³/mol. The third-order valence-corrected chi connectivity index (χ3v) is 3.70. The maximum absolute atomic E-state index is 5.45. The Morgan fingerprint density at radius 3 is 2.21 bits per heavy atom.